The fraction of sp³-hybridized carbons (Fsp3) is 0.444. The van der Waals surface area contributed by atoms with Gasteiger partial charge in [0.2, 0.25) is 0 Å². The minimum absolute atomic E-state index is 0.178. The van der Waals surface area contributed by atoms with Gasteiger partial charge in [0, 0.05) is 24.3 Å². The highest BCUT2D eigenvalue weighted by Crippen LogP contribution is 2.19. The van der Waals surface area contributed by atoms with Gasteiger partial charge in [0.05, 0.1) is 0 Å². The van der Waals surface area contributed by atoms with Crippen molar-refractivity contribution in [2.45, 2.75) is 20.3 Å². The Bertz CT molecular complexity index is 185. The Hall–Kier alpha value is -0.850. The Labute approximate surface area is 62.2 Å². The first-order valence-corrected chi connectivity index (χ1v) is 3.58. The van der Waals surface area contributed by atoms with Gasteiger partial charge in [0.15, 0.2) is 0 Å². The highest BCUT2D eigenvalue weighted by atomic mass is 14.7. The van der Waals surface area contributed by atoms with Gasteiger partial charge in [-0.2, -0.15) is 0 Å². The molecule has 0 saturated heterocycles. The number of rotatable bonds is 0. The second-order valence-corrected chi connectivity index (χ2v) is 3.11. The van der Waals surface area contributed by atoms with Crippen molar-refractivity contribution < 1.29 is 0 Å². The van der Waals surface area contributed by atoms with Crippen LogP contribution in [-0.4, -0.2) is 6.21 Å². The highest BCUT2D eigenvalue weighted by molar-refractivity contribution is 5.60. The zero-order valence-electron chi connectivity index (χ0n) is 6.54. The molecule has 54 valence electrons. The maximum atomic E-state index is 4.07. The molecule has 0 fully saturated rings. The van der Waals surface area contributed by atoms with E-state index in [1.165, 1.54) is 0 Å². The van der Waals surface area contributed by atoms with Crippen molar-refractivity contribution in [1.82, 2.24) is 0 Å². The Morgan fingerprint density at radius 3 is 2.90 bits per heavy atom. The topological polar surface area (TPSA) is 12.4 Å². The van der Waals surface area contributed by atoms with E-state index in [-0.39, 0.29) is 5.41 Å². The van der Waals surface area contributed by atoms with Gasteiger partial charge in [-0.15, -0.1) is 0 Å². The van der Waals surface area contributed by atoms with Gasteiger partial charge in [0.1, 0.15) is 0 Å². The summed E-state index contributed by atoms with van der Waals surface area (Å²) >= 11 is 0. The first kappa shape index (κ1) is 7.26. The van der Waals surface area contributed by atoms with Gasteiger partial charge >= 0.3 is 0 Å². The first-order valence-electron chi connectivity index (χ1n) is 3.58. The zero-order valence-corrected chi connectivity index (χ0v) is 6.54. The molecule has 1 rings (SSSR count). The van der Waals surface area contributed by atoms with E-state index in [0.29, 0.717) is 0 Å². The van der Waals surface area contributed by atoms with Gasteiger partial charge in [-0.05, 0) is 0 Å². The summed E-state index contributed by atoms with van der Waals surface area (Å²) in [6.45, 7) is 4.34. The van der Waals surface area contributed by atoms with Crippen molar-refractivity contribution in [2.75, 3.05) is 0 Å². The van der Waals surface area contributed by atoms with E-state index in [9.17, 15) is 0 Å². The van der Waals surface area contributed by atoms with Crippen molar-refractivity contribution in [1.29, 1.82) is 0 Å². The Morgan fingerprint density at radius 1 is 1.30 bits per heavy atom. The maximum absolute atomic E-state index is 4.07. The molecule has 0 spiro atoms. The van der Waals surface area contributed by atoms with Crippen LogP contribution in [0.25, 0.3) is 0 Å². The van der Waals surface area contributed by atoms with E-state index < -0.39 is 0 Å². The van der Waals surface area contributed by atoms with Crippen LogP contribution in [0.2, 0.25) is 0 Å². The number of nitrogens with zero attached hydrogens (tertiary/aromatic N) is 1. The summed E-state index contributed by atoms with van der Waals surface area (Å²) in [5.41, 5.74) is 0.178. The molecule has 0 unspecified atom stereocenters. The van der Waals surface area contributed by atoms with E-state index in [1.807, 2.05) is 12.4 Å². The molecule has 10 heavy (non-hydrogen) atoms. The molecule has 0 N–H and O–H groups in total. The largest absolute Gasteiger partial charge is 0.269 e. The summed E-state index contributed by atoms with van der Waals surface area (Å²) < 4.78 is 0. The third-order valence-corrected chi connectivity index (χ3v) is 1.48. The fourth-order valence-electron chi connectivity index (χ4n) is 0.845. The van der Waals surface area contributed by atoms with Crippen molar-refractivity contribution >= 4 is 6.21 Å². The number of allylic oxidation sites excluding steroid dienone is 3. The van der Waals surface area contributed by atoms with Crippen LogP contribution in [0.4, 0.5) is 0 Å². The average Bonchev–Trinajstić information content (AvgIpc) is 1.81. The average molecular weight is 135 g/mol. The summed E-state index contributed by atoms with van der Waals surface area (Å²) in [7, 11) is 0. The van der Waals surface area contributed by atoms with Gasteiger partial charge in [0.25, 0.3) is 0 Å². The molecule has 0 bridgehead atoms. The molecular weight excluding hydrogens is 122 g/mol. The minimum Gasteiger partial charge on any atom is -0.269 e. The number of aliphatic imine (C=N–C) groups is 1. The van der Waals surface area contributed by atoms with Crippen molar-refractivity contribution in [3.05, 3.63) is 24.4 Å². The van der Waals surface area contributed by atoms with Crippen LogP contribution in [0.15, 0.2) is 29.4 Å². The molecule has 0 aliphatic carbocycles. The monoisotopic (exact) mass is 135 g/mol. The molecule has 0 atom stereocenters. The summed E-state index contributed by atoms with van der Waals surface area (Å²) in [6, 6.07) is 0. The number of hydrogen-bond donors (Lipinski definition) is 0. The van der Waals surface area contributed by atoms with E-state index >= 15 is 0 Å². The molecular formula is C9H13N. The lowest BCUT2D eigenvalue weighted by molar-refractivity contribution is 0.622. The molecule has 1 heteroatoms. The Morgan fingerprint density at radius 2 is 2.10 bits per heavy atom. The predicted molar refractivity (Wildman–Crippen MR) is 45.2 cm³/mol. The molecule has 1 nitrogen and oxygen atoms in total. The standard InChI is InChI=1S/C9H13N/c1-9(2)5-3-4-7-10-8-6-9/h3,5-8H,4H2,1-2H3/b5-3-,8-6-,10-7?. The summed E-state index contributed by atoms with van der Waals surface area (Å²) in [5.74, 6) is 0. The fourth-order valence-corrected chi connectivity index (χ4v) is 0.845. The van der Waals surface area contributed by atoms with Crippen LogP contribution in [-0.2, 0) is 0 Å². The van der Waals surface area contributed by atoms with E-state index in [4.69, 9.17) is 0 Å². The molecule has 0 amide bonds. The van der Waals surface area contributed by atoms with E-state index in [0.717, 1.165) is 6.42 Å². The second-order valence-electron chi connectivity index (χ2n) is 3.11. The lowest BCUT2D eigenvalue weighted by Crippen LogP contribution is -2.02. The lowest BCUT2D eigenvalue weighted by atomic mass is 9.92. The second kappa shape index (κ2) is 2.82. The van der Waals surface area contributed by atoms with Crippen LogP contribution < -0.4 is 0 Å². The zero-order chi connectivity index (χ0) is 7.45. The molecule has 0 aromatic rings. The van der Waals surface area contributed by atoms with Crippen LogP contribution in [0.3, 0.4) is 0 Å². The molecule has 0 saturated carbocycles. The van der Waals surface area contributed by atoms with E-state index in [2.05, 4.69) is 37.1 Å². The van der Waals surface area contributed by atoms with Crippen LogP contribution in [0.1, 0.15) is 20.3 Å². The highest BCUT2D eigenvalue weighted by Gasteiger charge is 2.07. The third-order valence-electron chi connectivity index (χ3n) is 1.48. The molecule has 1 aliphatic heterocycles. The molecule has 1 aliphatic rings. The van der Waals surface area contributed by atoms with Crippen molar-refractivity contribution in [3.63, 3.8) is 0 Å². The molecule has 1 heterocycles. The van der Waals surface area contributed by atoms with Crippen molar-refractivity contribution in [3.8, 4) is 0 Å². The first-order chi connectivity index (χ1) is 4.71. The van der Waals surface area contributed by atoms with Crippen LogP contribution in [0.5, 0.6) is 0 Å². The van der Waals surface area contributed by atoms with Crippen LogP contribution >= 0.6 is 0 Å². The maximum Gasteiger partial charge on any atom is 0.0232 e. The van der Waals surface area contributed by atoms with E-state index in [1.54, 1.807) is 0 Å². The molecule has 0 aromatic heterocycles. The summed E-state index contributed by atoms with van der Waals surface area (Å²) in [4.78, 5) is 4.07. The Balaban J connectivity index is 2.78. The lowest BCUT2D eigenvalue weighted by Gasteiger charge is -2.13. The quantitative estimate of drug-likeness (QED) is 0.453. The molecule has 0 radical (unpaired) electrons. The minimum atomic E-state index is 0.178. The van der Waals surface area contributed by atoms with Gasteiger partial charge in [-0.3, -0.25) is 4.99 Å². The predicted octanol–water partition coefficient (Wildman–Crippen LogP) is 2.56. The smallest absolute Gasteiger partial charge is 0.0232 e. The normalized spacial score (nSPS) is 28.6. The van der Waals surface area contributed by atoms with Crippen molar-refractivity contribution in [2.24, 2.45) is 10.4 Å². The van der Waals surface area contributed by atoms with Gasteiger partial charge < -0.3 is 0 Å². The summed E-state index contributed by atoms with van der Waals surface area (Å²) in [5, 5.41) is 0. The SMILES string of the molecule is CC1(C)/C=C\CC=N/C=C\1. The van der Waals surface area contributed by atoms with Gasteiger partial charge in [-0.25, -0.2) is 0 Å². The summed E-state index contributed by atoms with van der Waals surface area (Å²) in [6.07, 6.45) is 11.2. The Kier molecular flexibility index (Phi) is 2.05. The van der Waals surface area contributed by atoms with Crippen LogP contribution in [0, 0.1) is 5.41 Å². The third kappa shape index (κ3) is 2.18. The molecule has 0 aromatic carbocycles. The number of hydrogen-bond acceptors (Lipinski definition) is 1. The van der Waals surface area contributed by atoms with Gasteiger partial charge in [-0.1, -0.05) is 32.1 Å².